The van der Waals surface area contributed by atoms with Gasteiger partial charge in [0, 0.05) is 31.7 Å². The zero-order valence-electron chi connectivity index (χ0n) is 14.6. The molecule has 2 aromatic heterocycles. The smallest absolute Gasteiger partial charge is 0.220 e. The second-order valence-electron chi connectivity index (χ2n) is 6.75. The highest BCUT2D eigenvalue weighted by Crippen LogP contribution is 2.30. The first-order valence-corrected chi connectivity index (χ1v) is 8.62. The summed E-state index contributed by atoms with van der Waals surface area (Å²) in [5.74, 6) is 0.893. The Hall–Kier alpha value is -2.66. The molecule has 0 aliphatic carbocycles. The topological polar surface area (TPSA) is 54.2 Å². The molecular formula is C20H22N4O. The van der Waals surface area contributed by atoms with Crippen molar-refractivity contribution in [2.45, 2.75) is 33.4 Å². The molecular weight excluding hydrogens is 312 g/mol. The highest BCUT2D eigenvalue weighted by Gasteiger charge is 2.25. The van der Waals surface area contributed by atoms with Crippen molar-refractivity contribution in [3.8, 4) is 11.7 Å². The van der Waals surface area contributed by atoms with Crippen molar-refractivity contribution in [3.63, 3.8) is 0 Å². The minimum absolute atomic E-state index is 0.213. The Bertz CT molecular complexity index is 881. The number of hydrogen-bond acceptors (Lipinski definition) is 4. The van der Waals surface area contributed by atoms with Gasteiger partial charge in [-0.3, -0.25) is 4.90 Å². The molecule has 5 nitrogen and oxygen atoms in total. The van der Waals surface area contributed by atoms with E-state index in [2.05, 4.69) is 39.2 Å². The van der Waals surface area contributed by atoms with Gasteiger partial charge in [-0.25, -0.2) is 4.98 Å². The van der Waals surface area contributed by atoms with Crippen molar-refractivity contribution in [2.75, 3.05) is 6.54 Å². The predicted octanol–water partition coefficient (Wildman–Crippen LogP) is 3.15. The third-order valence-corrected chi connectivity index (χ3v) is 4.64. The highest BCUT2D eigenvalue weighted by molar-refractivity contribution is 5.40. The van der Waals surface area contributed by atoms with Crippen molar-refractivity contribution < 1.29 is 5.11 Å². The second-order valence-corrected chi connectivity index (χ2v) is 6.75. The van der Waals surface area contributed by atoms with Crippen molar-refractivity contribution >= 4 is 0 Å². The van der Waals surface area contributed by atoms with E-state index in [4.69, 9.17) is 0 Å². The maximum absolute atomic E-state index is 10.7. The number of fused-ring (bicyclic) bond motifs is 1. The molecule has 25 heavy (non-hydrogen) atoms. The molecule has 0 saturated heterocycles. The fourth-order valence-electron chi connectivity index (χ4n) is 3.48. The first kappa shape index (κ1) is 15.8. The first-order chi connectivity index (χ1) is 12.1. The Kier molecular flexibility index (Phi) is 4.01. The van der Waals surface area contributed by atoms with Gasteiger partial charge in [-0.2, -0.15) is 9.78 Å². The van der Waals surface area contributed by atoms with Crippen molar-refractivity contribution in [2.24, 2.45) is 0 Å². The molecule has 1 N–H and O–H groups in total. The van der Waals surface area contributed by atoms with E-state index in [1.807, 2.05) is 32.0 Å². The van der Waals surface area contributed by atoms with Crippen LogP contribution in [0.15, 0.2) is 42.5 Å². The first-order valence-electron chi connectivity index (χ1n) is 8.62. The third kappa shape index (κ3) is 3.15. The average Bonchev–Trinajstić information content (AvgIpc) is 2.92. The molecule has 3 heterocycles. The van der Waals surface area contributed by atoms with Gasteiger partial charge in [0.1, 0.15) is 0 Å². The molecule has 0 atom stereocenters. The quantitative estimate of drug-likeness (QED) is 0.799. The van der Waals surface area contributed by atoms with E-state index in [1.165, 1.54) is 5.56 Å². The fraction of sp³-hybridized carbons (Fsp3) is 0.300. The van der Waals surface area contributed by atoms with E-state index in [9.17, 15) is 5.11 Å². The molecule has 3 aromatic rings. The Morgan fingerprint density at radius 2 is 1.92 bits per heavy atom. The summed E-state index contributed by atoms with van der Waals surface area (Å²) in [6, 6.07) is 14.4. The van der Waals surface area contributed by atoms with Gasteiger partial charge in [-0.05, 0) is 37.1 Å². The minimum Gasteiger partial charge on any atom is -0.493 e. The van der Waals surface area contributed by atoms with Crippen LogP contribution in [-0.4, -0.2) is 31.3 Å². The Labute approximate surface area is 147 Å². The summed E-state index contributed by atoms with van der Waals surface area (Å²) in [5, 5.41) is 15.3. The summed E-state index contributed by atoms with van der Waals surface area (Å²) in [5.41, 5.74) is 5.22. The van der Waals surface area contributed by atoms with Crippen molar-refractivity contribution in [1.29, 1.82) is 0 Å². The highest BCUT2D eigenvalue weighted by atomic mass is 16.3. The number of benzene rings is 1. The van der Waals surface area contributed by atoms with Crippen LogP contribution in [0.4, 0.5) is 0 Å². The summed E-state index contributed by atoms with van der Waals surface area (Å²) in [6.45, 7) is 6.52. The molecule has 0 spiro atoms. The lowest BCUT2D eigenvalue weighted by atomic mass is 10.1. The molecule has 0 unspecified atom stereocenters. The van der Waals surface area contributed by atoms with Gasteiger partial charge in [-0.15, -0.1) is 0 Å². The fourth-order valence-corrected chi connectivity index (χ4v) is 3.48. The van der Waals surface area contributed by atoms with E-state index < -0.39 is 0 Å². The van der Waals surface area contributed by atoms with Gasteiger partial charge in [0.2, 0.25) is 5.88 Å². The molecule has 0 bridgehead atoms. The van der Waals surface area contributed by atoms with Gasteiger partial charge < -0.3 is 5.11 Å². The number of hydrogen-bond donors (Lipinski definition) is 1. The predicted molar refractivity (Wildman–Crippen MR) is 96.8 cm³/mol. The second kappa shape index (κ2) is 6.33. The maximum atomic E-state index is 10.7. The lowest BCUT2D eigenvalue weighted by Gasteiger charge is -2.26. The van der Waals surface area contributed by atoms with Gasteiger partial charge in [-0.1, -0.05) is 30.3 Å². The summed E-state index contributed by atoms with van der Waals surface area (Å²) in [6.07, 6.45) is 0.841. The van der Waals surface area contributed by atoms with E-state index in [-0.39, 0.29) is 5.88 Å². The molecule has 5 heteroatoms. The Balaban J connectivity index is 1.62. The SMILES string of the molecule is Cc1cc(C)nc(-n2nc3c(c2O)CN(Cc2ccccc2)CC3)c1. The molecule has 0 saturated carbocycles. The normalized spacial score (nSPS) is 14.5. The minimum atomic E-state index is 0.213. The van der Waals surface area contributed by atoms with Gasteiger partial charge in [0.25, 0.3) is 0 Å². The zero-order chi connectivity index (χ0) is 17.4. The number of rotatable bonds is 3. The lowest BCUT2D eigenvalue weighted by molar-refractivity contribution is 0.241. The number of pyridine rings is 1. The summed E-state index contributed by atoms with van der Waals surface area (Å²) >= 11 is 0. The van der Waals surface area contributed by atoms with E-state index in [1.54, 1.807) is 4.68 Å². The molecule has 1 aliphatic heterocycles. The maximum Gasteiger partial charge on any atom is 0.220 e. The third-order valence-electron chi connectivity index (χ3n) is 4.64. The average molecular weight is 334 g/mol. The number of aryl methyl sites for hydroxylation is 2. The largest absolute Gasteiger partial charge is 0.493 e. The molecule has 128 valence electrons. The standard InChI is InChI=1S/C20H22N4O/c1-14-10-15(2)21-19(11-14)24-20(25)17-13-23(9-8-18(17)22-24)12-16-6-4-3-5-7-16/h3-7,10-11,25H,8-9,12-13H2,1-2H3. The Morgan fingerprint density at radius 3 is 2.68 bits per heavy atom. The van der Waals surface area contributed by atoms with Gasteiger partial charge in [0.15, 0.2) is 5.82 Å². The zero-order valence-corrected chi connectivity index (χ0v) is 14.6. The molecule has 1 aliphatic rings. The molecule has 0 radical (unpaired) electrons. The van der Waals surface area contributed by atoms with Crippen LogP contribution in [0, 0.1) is 13.8 Å². The summed E-state index contributed by atoms with van der Waals surface area (Å²) < 4.78 is 1.58. The van der Waals surface area contributed by atoms with Crippen LogP contribution in [0.3, 0.4) is 0 Å². The van der Waals surface area contributed by atoms with Crippen molar-refractivity contribution in [3.05, 3.63) is 70.5 Å². The van der Waals surface area contributed by atoms with Gasteiger partial charge in [0.05, 0.1) is 11.3 Å². The van der Waals surface area contributed by atoms with E-state index in [0.717, 1.165) is 42.0 Å². The summed E-state index contributed by atoms with van der Waals surface area (Å²) in [4.78, 5) is 6.87. The van der Waals surface area contributed by atoms with Crippen molar-refractivity contribution in [1.82, 2.24) is 19.7 Å². The number of aromatic hydroxyl groups is 1. The molecule has 4 rings (SSSR count). The van der Waals surface area contributed by atoms with Crippen LogP contribution in [0.5, 0.6) is 5.88 Å². The number of aromatic nitrogens is 3. The monoisotopic (exact) mass is 334 g/mol. The summed E-state index contributed by atoms with van der Waals surface area (Å²) in [7, 11) is 0. The van der Waals surface area contributed by atoms with Crippen LogP contribution in [-0.2, 0) is 19.5 Å². The van der Waals surface area contributed by atoms with Gasteiger partial charge >= 0.3 is 0 Å². The van der Waals surface area contributed by atoms with E-state index in [0.29, 0.717) is 12.4 Å². The van der Waals surface area contributed by atoms with Crippen LogP contribution >= 0.6 is 0 Å². The van der Waals surface area contributed by atoms with Crippen LogP contribution in [0.2, 0.25) is 0 Å². The van der Waals surface area contributed by atoms with Crippen LogP contribution in [0.25, 0.3) is 5.82 Å². The van der Waals surface area contributed by atoms with Crippen LogP contribution in [0.1, 0.15) is 28.1 Å². The molecule has 0 fully saturated rings. The molecule has 1 aromatic carbocycles. The molecule has 0 amide bonds. The lowest BCUT2D eigenvalue weighted by Crippen LogP contribution is -2.29. The number of nitrogens with zero attached hydrogens (tertiary/aromatic N) is 4. The Morgan fingerprint density at radius 1 is 1.12 bits per heavy atom. The van der Waals surface area contributed by atoms with E-state index >= 15 is 0 Å². The van der Waals surface area contributed by atoms with Crippen LogP contribution < -0.4 is 0 Å².